The number of aryl methyl sites for hydroxylation is 1. The number of hydrogen-bond donors (Lipinski definition) is 2. The van der Waals surface area contributed by atoms with Crippen molar-refractivity contribution >= 4 is 22.7 Å². The monoisotopic (exact) mass is 377 g/mol. The van der Waals surface area contributed by atoms with Gasteiger partial charge >= 0.3 is 11.8 Å². The molecule has 1 aliphatic rings. The van der Waals surface area contributed by atoms with Gasteiger partial charge in [-0.25, -0.2) is 0 Å². The zero-order chi connectivity index (χ0) is 19.7. The largest absolute Gasteiger partial charge is 0.344 e. The van der Waals surface area contributed by atoms with Crippen molar-refractivity contribution < 1.29 is 9.59 Å². The molecule has 2 heterocycles. The molecule has 1 unspecified atom stereocenters. The highest BCUT2D eigenvalue weighted by atomic mass is 16.2. The summed E-state index contributed by atoms with van der Waals surface area (Å²) in [4.78, 5) is 26.4. The summed E-state index contributed by atoms with van der Waals surface area (Å²) >= 11 is 0. The number of likely N-dealkylation sites (tertiary alicyclic amines) is 1. The number of hydrogen-bond acceptors (Lipinski definition) is 4. The maximum absolute atomic E-state index is 12.5. The summed E-state index contributed by atoms with van der Waals surface area (Å²) in [7, 11) is 1.86. The molecule has 4 rings (SSSR count). The molecule has 0 aliphatic carbocycles. The smallest absolute Gasteiger partial charge is 0.311 e. The van der Waals surface area contributed by atoms with Crippen LogP contribution in [0.15, 0.2) is 54.7 Å². The Balaban J connectivity index is 1.37. The lowest BCUT2D eigenvalue weighted by Crippen LogP contribution is -2.45. The van der Waals surface area contributed by atoms with Crippen LogP contribution in [0.4, 0.5) is 0 Å². The third kappa shape index (κ3) is 3.48. The second kappa shape index (κ2) is 7.09. The first kappa shape index (κ1) is 18.2. The van der Waals surface area contributed by atoms with Gasteiger partial charge in [0.15, 0.2) is 0 Å². The average Bonchev–Trinajstić information content (AvgIpc) is 3.28. The number of fused-ring (bicyclic) bond motifs is 1. The Hall–Kier alpha value is -3.19. The van der Waals surface area contributed by atoms with Crippen LogP contribution in [-0.2, 0) is 28.7 Å². The minimum absolute atomic E-state index is 0.275. The third-order valence-electron chi connectivity index (χ3n) is 5.27. The average molecular weight is 377 g/mol. The molecule has 2 aromatic carbocycles. The molecule has 1 aliphatic heterocycles. The number of benzene rings is 2. The Bertz CT molecular complexity index is 1030. The molecule has 0 spiro atoms. The summed E-state index contributed by atoms with van der Waals surface area (Å²) in [6, 6.07) is 15.5. The van der Waals surface area contributed by atoms with Crippen LogP contribution >= 0.6 is 0 Å². The molecule has 1 atom stereocenters. The van der Waals surface area contributed by atoms with E-state index >= 15 is 0 Å². The molecule has 0 saturated carbocycles. The topological polar surface area (TPSA) is 93.2 Å². The summed E-state index contributed by atoms with van der Waals surface area (Å²) in [6.45, 7) is 1.08. The molecule has 3 N–H and O–H groups in total. The minimum atomic E-state index is -0.613. The Morgan fingerprint density at radius 3 is 2.79 bits per heavy atom. The van der Waals surface area contributed by atoms with Crippen LogP contribution in [0.25, 0.3) is 10.9 Å². The number of carbonyl (C=O) groups excluding carboxylic acids is 2. The third-order valence-corrected chi connectivity index (χ3v) is 5.27. The summed E-state index contributed by atoms with van der Waals surface area (Å²) < 4.78 is 1.75. The van der Waals surface area contributed by atoms with Gasteiger partial charge < -0.3 is 16.0 Å². The van der Waals surface area contributed by atoms with Crippen LogP contribution in [0, 0.1) is 0 Å². The van der Waals surface area contributed by atoms with Gasteiger partial charge in [-0.3, -0.25) is 14.3 Å². The second-order valence-corrected chi connectivity index (χ2v) is 7.38. The van der Waals surface area contributed by atoms with Crippen molar-refractivity contribution in [1.82, 2.24) is 20.0 Å². The van der Waals surface area contributed by atoms with Crippen molar-refractivity contribution in [2.45, 2.75) is 18.5 Å². The van der Waals surface area contributed by atoms with Gasteiger partial charge in [0.25, 0.3) is 0 Å². The molecule has 2 amide bonds. The van der Waals surface area contributed by atoms with Gasteiger partial charge in [0.05, 0.1) is 11.1 Å². The molecule has 7 heteroatoms. The quantitative estimate of drug-likeness (QED) is 0.673. The lowest BCUT2D eigenvalue weighted by atomic mass is 9.90. The van der Waals surface area contributed by atoms with Crippen LogP contribution < -0.4 is 11.1 Å². The van der Waals surface area contributed by atoms with E-state index in [0.29, 0.717) is 19.5 Å². The SMILES string of the molecule is Cn1cc2ccc(CNC(=O)C(=O)N3CCC(N)(c4ccccc4)C3)cc2n1. The number of nitrogens with one attached hydrogen (secondary N) is 1. The molecule has 144 valence electrons. The molecule has 28 heavy (non-hydrogen) atoms. The number of carbonyl (C=O) groups is 2. The summed E-state index contributed by atoms with van der Waals surface area (Å²) in [5.74, 6) is -1.15. The van der Waals surface area contributed by atoms with Crippen LogP contribution in [-0.4, -0.2) is 39.6 Å². The van der Waals surface area contributed by atoms with Gasteiger partial charge in [-0.05, 0) is 23.6 Å². The number of nitrogens with two attached hydrogens (primary N) is 1. The fourth-order valence-electron chi connectivity index (χ4n) is 3.71. The zero-order valence-electron chi connectivity index (χ0n) is 15.8. The minimum Gasteiger partial charge on any atom is -0.344 e. The number of nitrogens with zero attached hydrogens (tertiary/aromatic N) is 3. The summed E-state index contributed by atoms with van der Waals surface area (Å²) in [5, 5.41) is 8.10. The number of amides is 2. The van der Waals surface area contributed by atoms with E-state index in [0.717, 1.165) is 22.0 Å². The molecule has 0 bridgehead atoms. The molecule has 3 aromatic rings. The highest BCUT2D eigenvalue weighted by Crippen LogP contribution is 2.29. The fourth-order valence-corrected chi connectivity index (χ4v) is 3.71. The summed E-state index contributed by atoms with van der Waals surface area (Å²) in [5.41, 5.74) is 8.62. The first-order valence-electron chi connectivity index (χ1n) is 9.28. The van der Waals surface area contributed by atoms with Crippen LogP contribution in [0.2, 0.25) is 0 Å². The van der Waals surface area contributed by atoms with Gasteiger partial charge in [0.1, 0.15) is 0 Å². The van der Waals surface area contributed by atoms with Crippen LogP contribution in [0.5, 0.6) is 0 Å². The van der Waals surface area contributed by atoms with E-state index < -0.39 is 17.4 Å². The lowest BCUT2D eigenvalue weighted by molar-refractivity contribution is -0.145. The molecule has 7 nitrogen and oxygen atoms in total. The van der Waals surface area contributed by atoms with Gasteiger partial charge in [0.2, 0.25) is 0 Å². The fraction of sp³-hybridized carbons (Fsp3) is 0.286. The van der Waals surface area contributed by atoms with E-state index in [9.17, 15) is 9.59 Å². The van der Waals surface area contributed by atoms with Gasteiger partial charge in [-0.1, -0.05) is 42.5 Å². The van der Waals surface area contributed by atoms with Crippen molar-refractivity contribution in [3.05, 3.63) is 65.9 Å². The van der Waals surface area contributed by atoms with E-state index in [4.69, 9.17) is 5.73 Å². The van der Waals surface area contributed by atoms with Crippen molar-refractivity contribution in [2.24, 2.45) is 12.8 Å². The molecule has 1 fully saturated rings. The Morgan fingerprint density at radius 2 is 2.00 bits per heavy atom. The van der Waals surface area contributed by atoms with Crippen molar-refractivity contribution in [2.75, 3.05) is 13.1 Å². The lowest BCUT2D eigenvalue weighted by Gasteiger charge is -2.25. The highest BCUT2D eigenvalue weighted by Gasteiger charge is 2.39. The zero-order valence-corrected chi connectivity index (χ0v) is 15.8. The Labute approximate surface area is 163 Å². The predicted octanol–water partition coefficient (Wildman–Crippen LogP) is 1.28. The first-order valence-corrected chi connectivity index (χ1v) is 9.28. The molecule has 1 aromatic heterocycles. The number of rotatable bonds is 3. The standard InChI is InChI=1S/C21H23N5O2/c1-25-13-16-8-7-15(11-18(16)24-25)12-23-19(27)20(28)26-10-9-21(22,14-26)17-5-3-2-4-6-17/h2-8,11,13H,9-10,12,14,22H2,1H3,(H,23,27). The van der Waals surface area contributed by atoms with Gasteiger partial charge in [0, 0.05) is 38.3 Å². The first-order chi connectivity index (χ1) is 13.4. The van der Waals surface area contributed by atoms with E-state index in [1.54, 1.807) is 4.68 Å². The molecular weight excluding hydrogens is 354 g/mol. The Kier molecular flexibility index (Phi) is 4.60. The maximum Gasteiger partial charge on any atom is 0.311 e. The second-order valence-electron chi connectivity index (χ2n) is 7.38. The maximum atomic E-state index is 12.5. The van der Waals surface area contributed by atoms with Gasteiger partial charge in [-0.2, -0.15) is 5.10 Å². The van der Waals surface area contributed by atoms with Crippen LogP contribution in [0.1, 0.15) is 17.5 Å². The summed E-state index contributed by atoms with van der Waals surface area (Å²) in [6.07, 6.45) is 2.56. The highest BCUT2D eigenvalue weighted by molar-refractivity contribution is 6.35. The van der Waals surface area contributed by atoms with E-state index in [2.05, 4.69) is 10.4 Å². The van der Waals surface area contributed by atoms with Gasteiger partial charge in [-0.15, -0.1) is 0 Å². The molecular formula is C21H23N5O2. The molecule has 0 radical (unpaired) electrons. The van der Waals surface area contributed by atoms with Crippen LogP contribution in [0.3, 0.4) is 0 Å². The van der Waals surface area contributed by atoms with E-state index in [-0.39, 0.29) is 6.54 Å². The normalized spacial score (nSPS) is 19.1. The van der Waals surface area contributed by atoms with Crippen molar-refractivity contribution in [3.63, 3.8) is 0 Å². The van der Waals surface area contributed by atoms with Crippen molar-refractivity contribution in [1.29, 1.82) is 0 Å². The van der Waals surface area contributed by atoms with E-state index in [1.165, 1.54) is 4.90 Å². The predicted molar refractivity (Wildman–Crippen MR) is 106 cm³/mol. The van der Waals surface area contributed by atoms with Crippen molar-refractivity contribution in [3.8, 4) is 0 Å². The number of aromatic nitrogens is 2. The Morgan fingerprint density at radius 1 is 1.21 bits per heavy atom. The van der Waals surface area contributed by atoms with E-state index in [1.807, 2.05) is 61.8 Å². The molecule has 1 saturated heterocycles.